The van der Waals surface area contributed by atoms with E-state index in [4.69, 9.17) is 32.4 Å². The summed E-state index contributed by atoms with van der Waals surface area (Å²) in [5.41, 5.74) is 3.23. The predicted molar refractivity (Wildman–Crippen MR) is 113 cm³/mol. The van der Waals surface area contributed by atoms with Crippen LogP contribution in [0.1, 0.15) is 11.1 Å². The fourth-order valence-corrected chi connectivity index (χ4v) is 3.51. The highest BCUT2D eigenvalue weighted by Crippen LogP contribution is 2.29. The summed E-state index contributed by atoms with van der Waals surface area (Å²) in [5.74, 6) is 0.620. The molecule has 0 amide bonds. The molecule has 4 aromatic rings. The SMILES string of the molecule is Cc1c(-c2ccc(Cl)cc2)c(=O)oc2cc(OCc3cccc(Cl)c3)ccc12. The largest absolute Gasteiger partial charge is 0.489 e. The summed E-state index contributed by atoms with van der Waals surface area (Å²) < 4.78 is 11.4. The number of halogens is 2. The number of aryl methyl sites for hydroxylation is 1. The van der Waals surface area contributed by atoms with Crippen molar-refractivity contribution in [1.29, 1.82) is 0 Å². The molecule has 0 unspecified atom stereocenters. The number of rotatable bonds is 4. The first-order valence-electron chi connectivity index (χ1n) is 8.72. The molecule has 0 spiro atoms. The molecule has 140 valence electrons. The number of hydrogen-bond donors (Lipinski definition) is 0. The summed E-state index contributed by atoms with van der Waals surface area (Å²) in [5, 5.41) is 2.14. The van der Waals surface area contributed by atoms with Gasteiger partial charge in [0.2, 0.25) is 0 Å². The average Bonchev–Trinajstić information content (AvgIpc) is 2.68. The van der Waals surface area contributed by atoms with E-state index in [1.54, 1.807) is 18.2 Å². The second kappa shape index (κ2) is 7.70. The van der Waals surface area contributed by atoms with Crippen LogP contribution in [0.3, 0.4) is 0 Å². The highest BCUT2D eigenvalue weighted by molar-refractivity contribution is 6.30. The van der Waals surface area contributed by atoms with E-state index in [-0.39, 0.29) is 5.63 Å². The zero-order chi connectivity index (χ0) is 19.7. The molecule has 0 atom stereocenters. The molecule has 0 fully saturated rings. The van der Waals surface area contributed by atoms with Crippen LogP contribution < -0.4 is 10.4 Å². The molecule has 0 radical (unpaired) electrons. The van der Waals surface area contributed by atoms with Crippen molar-refractivity contribution in [2.24, 2.45) is 0 Å². The van der Waals surface area contributed by atoms with E-state index in [2.05, 4.69) is 0 Å². The van der Waals surface area contributed by atoms with Crippen molar-refractivity contribution >= 4 is 34.2 Å². The minimum absolute atomic E-state index is 0.373. The maximum Gasteiger partial charge on any atom is 0.344 e. The van der Waals surface area contributed by atoms with Crippen LogP contribution in [0.15, 0.2) is 75.9 Å². The maximum absolute atomic E-state index is 12.6. The Labute approximate surface area is 172 Å². The summed E-state index contributed by atoms with van der Waals surface area (Å²) in [7, 11) is 0. The third kappa shape index (κ3) is 3.77. The van der Waals surface area contributed by atoms with Crippen LogP contribution in [0.5, 0.6) is 5.75 Å². The third-order valence-corrected chi connectivity index (χ3v) is 5.05. The van der Waals surface area contributed by atoms with Gasteiger partial charge in [0.1, 0.15) is 17.9 Å². The first-order valence-corrected chi connectivity index (χ1v) is 9.47. The highest BCUT2D eigenvalue weighted by Gasteiger charge is 2.14. The first kappa shape index (κ1) is 18.6. The van der Waals surface area contributed by atoms with Crippen LogP contribution in [0.25, 0.3) is 22.1 Å². The Morgan fingerprint density at radius 2 is 1.71 bits per heavy atom. The van der Waals surface area contributed by atoms with Crippen molar-refractivity contribution < 1.29 is 9.15 Å². The lowest BCUT2D eigenvalue weighted by Gasteiger charge is -2.10. The van der Waals surface area contributed by atoms with Crippen molar-refractivity contribution in [3.63, 3.8) is 0 Å². The lowest BCUT2D eigenvalue weighted by atomic mass is 10.00. The van der Waals surface area contributed by atoms with Crippen LogP contribution in [0.4, 0.5) is 0 Å². The van der Waals surface area contributed by atoms with E-state index >= 15 is 0 Å². The Bertz CT molecular complexity index is 1210. The Morgan fingerprint density at radius 1 is 0.929 bits per heavy atom. The lowest BCUT2D eigenvalue weighted by molar-refractivity contribution is 0.306. The van der Waals surface area contributed by atoms with Crippen molar-refractivity contribution in [1.82, 2.24) is 0 Å². The molecule has 3 aromatic carbocycles. The van der Waals surface area contributed by atoms with Crippen molar-refractivity contribution in [2.45, 2.75) is 13.5 Å². The first-order chi connectivity index (χ1) is 13.5. The number of hydrogen-bond acceptors (Lipinski definition) is 3. The summed E-state index contributed by atoms with van der Waals surface area (Å²) in [4.78, 5) is 12.6. The molecular weight excluding hydrogens is 395 g/mol. The normalized spacial score (nSPS) is 11.0. The molecule has 5 heteroatoms. The summed E-state index contributed by atoms with van der Waals surface area (Å²) in [6.07, 6.45) is 0. The van der Waals surface area contributed by atoms with Crippen molar-refractivity contribution in [2.75, 3.05) is 0 Å². The second-order valence-corrected chi connectivity index (χ2v) is 7.35. The van der Waals surface area contributed by atoms with E-state index in [0.717, 1.165) is 22.1 Å². The molecule has 1 aromatic heterocycles. The summed E-state index contributed by atoms with van der Waals surface area (Å²) in [6, 6.07) is 20.1. The molecule has 0 saturated heterocycles. The third-order valence-electron chi connectivity index (χ3n) is 4.57. The molecule has 0 aliphatic heterocycles. The summed E-state index contributed by atoms with van der Waals surface area (Å²) >= 11 is 12.0. The summed E-state index contributed by atoms with van der Waals surface area (Å²) in [6.45, 7) is 2.29. The molecule has 1 heterocycles. The van der Waals surface area contributed by atoms with E-state index in [9.17, 15) is 4.79 Å². The molecule has 0 aliphatic carbocycles. The van der Waals surface area contributed by atoms with Crippen LogP contribution in [0.2, 0.25) is 10.0 Å². The Balaban J connectivity index is 1.68. The van der Waals surface area contributed by atoms with E-state index in [1.165, 1.54) is 0 Å². The number of fused-ring (bicyclic) bond motifs is 1. The fourth-order valence-electron chi connectivity index (χ4n) is 3.17. The predicted octanol–water partition coefficient (Wildman–Crippen LogP) is 6.65. The average molecular weight is 411 g/mol. The minimum Gasteiger partial charge on any atom is -0.489 e. The van der Waals surface area contributed by atoms with E-state index < -0.39 is 0 Å². The lowest BCUT2D eigenvalue weighted by Crippen LogP contribution is -2.06. The quantitative estimate of drug-likeness (QED) is 0.353. The topological polar surface area (TPSA) is 39.4 Å². The smallest absolute Gasteiger partial charge is 0.344 e. The van der Waals surface area contributed by atoms with Crippen LogP contribution in [0, 0.1) is 6.92 Å². The monoisotopic (exact) mass is 410 g/mol. The minimum atomic E-state index is -0.390. The van der Waals surface area contributed by atoms with Gasteiger partial charge in [-0.2, -0.15) is 0 Å². The zero-order valence-corrected chi connectivity index (χ0v) is 16.6. The van der Waals surface area contributed by atoms with E-state index in [1.807, 2.05) is 55.5 Å². The van der Waals surface area contributed by atoms with Gasteiger partial charge in [0.05, 0.1) is 5.56 Å². The Kier molecular flexibility index (Phi) is 5.12. The van der Waals surface area contributed by atoms with Gasteiger partial charge in [0.25, 0.3) is 0 Å². The fraction of sp³-hybridized carbons (Fsp3) is 0.0870. The number of ether oxygens (including phenoxy) is 1. The second-order valence-electron chi connectivity index (χ2n) is 6.47. The molecule has 0 N–H and O–H groups in total. The van der Waals surface area contributed by atoms with Gasteiger partial charge < -0.3 is 9.15 Å². The molecule has 0 aliphatic rings. The number of benzene rings is 3. The Morgan fingerprint density at radius 3 is 2.46 bits per heavy atom. The molecule has 0 saturated carbocycles. The molecular formula is C23H16Cl2O3. The van der Waals surface area contributed by atoms with Crippen LogP contribution >= 0.6 is 23.2 Å². The van der Waals surface area contributed by atoms with Gasteiger partial charge in [0, 0.05) is 21.5 Å². The van der Waals surface area contributed by atoms with Gasteiger partial charge in [-0.3, -0.25) is 0 Å². The van der Waals surface area contributed by atoms with Crippen LogP contribution in [-0.4, -0.2) is 0 Å². The van der Waals surface area contributed by atoms with Crippen molar-refractivity contribution in [3.8, 4) is 16.9 Å². The van der Waals surface area contributed by atoms with E-state index in [0.29, 0.717) is 33.5 Å². The van der Waals surface area contributed by atoms with Gasteiger partial charge in [0.15, 0.2) is 0 Å². The standard InChI is InChI=1S/C23H16Cl2O3/c1-14-20-10-9-19(27-13-15-3-2-4-18(25)11-15)12-21(20)28-23(26)22(14)16-5-7-17(24)8-6-16/h2-12H,13H2,1H3. The molecule has 0 bridgehead atoms. The highest BCUT2D eigenvalue weighted by atomic mass is 35.5. The van der Waals surface area contributed by atoms with Gasteiger partial charge >= 0.3 is 5.63 Å². The molecule has 3 nitrogen and oxygen atoms in total. The zero-order valence-electron chi connectivity index (χ0n) is 15.0. The van der Waals surface area contributed by atoms with Gasteiger partial charge in [-0.25, -0.2) is 4.79 Å². The molecule has 28 heavy (non-hydrogen) atoms. The maximum atomic E-state index is 12.6. The van der Waals surface area contributed by atoms with Gasteiger partial charge in [-0.1, -0.05) is 47.5 Å². The van der Waals surface area contributed by atoms with Gasteiger partial charge in [-0.05, 0) is 60.0 Å². The Hall–Kier alpha value is -2.75. The molecule has 4 rings (SSSR count). The van der Waals surface area contributed by atoms with Crippen LogP contribution in [-0.2, 0) is 6.61 Å². The van der Waals surface area contributed by atoms with Gasteiger partial charge in [-0.15, -0.1) is 0 Å². The van der Waals surface area contributed by atoms with Crippen molar-refractivity contribution in [3.05, 3.63) is 98.3 Å².